The summed E-state index contributed by atoms with van der Waals surface area (Å²) < 4.78 is 5.73. The number of rotatable bonds is 7. The van der Waals surface area contributed by atoms with Crippen molar-refractivity contribution in [1.82, 2.24) is 31.2 Å². The Morgan fingerprint density at radius 2 is 1.79 bits per heavy atom. The molecule has 12 nitrogen and oxygen atoms in total. The molecule has 2 aromatic carbocycles. The molecule has 0 radical (unpaired) electrons. The molecule has 1 saturated heterocycles. The number of nitrogens with zero attached hydrogens (tertiary/aromatic N) is 2. The van der Waals surface area contributed by atoms with Crippen LogP contribution in [0.1, 0.15) is 47.9 Å². The molecular formula is C35H42N6O6S. The Labute approximate surface area is 284 Å². The van der Waals surface area contributed by atoms with E-state index in [0.29, 0.717) is 38.1 Å². The van der Waals surface area contributed by atoms with E-state index < -0.39 is 41.9 Å². The van der Waals surface area contributed by atoms with Gasteiger partial charge in [0, 0.05) is 30.8 Å². The van der Waals surface area contributed by atoms with Crippen molar-refractivity contribution in [2.24, 2.45) is 0 Å². The molecule has 0 spiro atoms. The standard InChI is InChI=1S/C35H42N6O6S/c1-22-30(48-21-37-22)11-6-16-36-33(44)27-18-25-12-14-26(15-13-25)47-20-31(42)39-28(19-24-8-4-3-5-9-24)35(46)41-17-7-10-29(41)34(45)38-23(2)32(43)40-27/h3-5,8-9,12-15,21,23,27-29H,6-7,10-11,16-20H2,1-2H3,(H,36,44)(H,38,45)(H,39,42)(H,40,43)/t23-,27-,28+,29+/m0/s1. The van der Waals surface area contributed by atoms with Crippen LogP contribution in [0.15, 0.2) is 60.1 Å². The highest BCUT2D eigenvalue weighted by atomic mass is 32.1. The van der Waals surface area contributed by atoms with Crippen LogP contribution in [-0.2, 0) is 43.2 Å². The first-order valence-corrected chi connectivity index (χ1v) is 17.2. The van der Waals surface area contributed by atoms with Crippen LogP contribution >= 0.6 is 11.3 Å². The normalized spacial score (nSPS) is 22.3. The zero-order chi connectivity index (χ0) is 34.0. The average molecular weight is 675 g/mol. The predicted octanol–water partition coefficient (Wildman–Crippen LogP) is 1.84. The van der Waals surface area contributed by atoms with E-state index in [0.717, 1.165) is 23.2 Å². The number of nitrogens with one attached hydrogen (secondary N) is 4. The highest BCUT2D eigenvalue weighted by Gasteiger charge is 2.38. The van der Waals surface area contributed by atoms with Gasteiger partial charge in [0.05, 0.1) is 11.2 Å². The second-order valence-electron chi connectivity index (χ2n) is 12.2. The second kappa shape index (κ2) is 16.4. The molecule has 0 unspecified atom stereocenters. The summed E-state index contributed by atoms with van der Waals surface area (Å²) in [6, 6.07) is 12.6. The van der Waals surface area contributed by atoms with Gasteiger partial charge in [-0.3, -0.25) is 24.0 Å². The molecule has 4 atom stereocenters. The van der Waals surface area contributed by atoms with Gasteiger partial charge in [-0.1, -0.05) is 42.5 Å². The van der Waals surface area contributed by atoms with Gasteiger partial charge in [-0.15, -0.1) is 11.3 Å². The maximum absolute atomic E-state index is 13.9. The van der Waals surface area contributed by atoms with Crippen molar-refractivity contribution in [2.75, 3.05) is 19.7 Å². The van der Waals surface area contributed by atoms with Crippen molar-refractivity contribution in [2.45, 2.75) is 76.5 Å². The monoisotopic (exact) mass is 674 g/mol. The van der Waals surface area contributed by atoms with Crippen molar-refractivity contribution in [3.63, 3.8) is 0 Å². The van der Waals surface area contributed by atoms with Crippen molar-refractivity contribution >= 4 is 40.9 Å². The number of aromatic nitrogens is 1. The van der Waals surface area contributed by atoms with Crippen LogP contribution in [0, 0.1) is 6.92 Å². The Hall–Kier alpha value is -4.78. The van der Waals surface area contributed by atoms with Gasteiger partial charge in [0.2, 0.25) is 23.6 Å². The number of amides is 5. The van der Waals surface area contributed by atoms with Gasteiger partial charge in [-0.25, -0.2) is 4.98 Å². The van der Waals surface area contributed by atoms with E-state index in [2.05, 4.69) is 26.3 Å². The molecule has 3 aromatic rings. The third kappa shape index (κ3) is 9.18. The molecule has 4 N–H and O–H groups in total. The van der Waals surface area contributed by atoms with Crippen LogP contribution < -0.4 is 26.0 Å². The molecule has 13 heteroatoms. The fourth-order valence-electron chi connectivity index (χ4n) is 5.93. The van der Waals surface area contributed by atoms with E-state index in [-0.39, 0.29) is 31.3 Å². The smallest absolute Gasteiger partial charge is 0.258 e. The minimum absolute atomic E-state index is 0.193. The van der Waals surface area contributed by atoms with Crippen LogP contribution in [-0.4, -0.2) is 83.3 Å². The molecule has 0 saturated carbocycles. The lowest BCUT2D eigenvalue weighted by Crippen LogP contribution is -2.57. The Morgan fingerprint density at radius 3 is 2.52 bits per heavy atom. The molecule has 2 bridgehead atoms. The molecule has 6 rings (SSSR count). The van der Waals surface area contributed by atoms with Crippen LogP contribution in [0.5, 0.6) is 5.75 Å². The minimum atomic E-state index is -0.975. The molecule has 5 amide bonds. The molecular weight excluding hydrogens is 632 g/mol. The summed E-state index contributed by atoms with van der Waals surface area (Å²) in [4.78, 5) is 74.1. The molecule has 1 fully saturated rings. The van der Waals surface area contributed by atoms with Crippen molar-refractivity contribution in [3.05, 3.63) is 81.8 Å². The largest absolute Gasteiger partial charge is 0.484 e. The molecule has 4 heterocycles. The summed E-state index contributed by atoms with van der Waals surface area (Å²) in [6.45, 7) is 3.95. The third-order valence-electron chi connectivity index (χ3n) is 8.60. The molecule has 1 aromatic heterocycles. The number of carbonyl (C=O) groups is 5. The van der Waals surface area contributed by atoms with Crippen molar-refractivity contribution < 1.29 is 28.7 Å². The number of ether oxygens (including phenoxy) is 1. The van der Waals surface area contributed by atoms with Gasteiger partial charge in [0.25, 0.3) is 5.91 Å². The first kappa shape index (κ1) is 34.6. The Morgan fingerprint density at radius 1 is 1.02 bits per heavy atom. The van der Waals surface area contributed by atoms with Gasteiger partial charge in [0.1, 0.15) is 29.9 Å². The lowest BCUT2D eigenvalue weighted by atomic mass is 10.0. The number of hydrogen-bond acceptors (Lipinski definition) is 8. The maximum atomic E-state index is 13.9. The predicted molar refractivity (Wildman–Crippen MR) is 180 cm³/mol. The van der Waals surface area contributed by atoms with E-state index >= 15 is 0 Å². The molecule has 254 valence electrons. The summed E-state index contributed by atoms with van der Waals surface area (Å²) in [5.41, 5.74) is 4.40. The summed E-state index contributed by atoms with van der Waals surface area (Å²) in [5, 5.41) is 11.3. The summed E-state index contributed by atoms with van der Waals surface area (Å²) in [6.07, 6.45) is 2.94. The summed E-state index contributed by atoms with van der Waals surface area (Å²) in [7, 11) is 0. The summed E-state index contributed by atoms with van der Waals surface area (Å²) in [5.74, 6) is -1.76. The van der Waals surface area contributed by atoms with Crippen molar-refractivity contribution in [3.8, 4) is 5.75 Å². The fraction of sp³-hybridized carbons (Fsp3) is 0.429. The van der Waals surface area contributed by atoms with Crippen LogP contribution in [0.2, 0.25) is 0 Å². The van der Waals surface area contributed by atoms with Crippen LogP contribution in [0.4, 0.5) is 0 Å². The first-order valence-electron chi connectivity index (χ1n) is 16.3. The van der Waals surface area contributed by atoms with E-state index in [9.17, 15) is 24.0 Å². The van der Waals surface area contributed by atoms with Gasteiger partial charge in [0.15, 0.2) is 6.61 Å². The topological polar surface area (TPSA) is 159 Å². The molecule has 3 aliphatic rings. The van der Waals surface area contributed by atoms with Gasteiger partial charge in [-0.2, -0.15) is 0 Å². The SMILES string of the molecule is Cc1ncsc1CCCNC(=O)[C@@H]1Cc2ccc(cc2)OCC(=O)N[C@H](Cc2ccccc2)C(=O)N2CCC[C@@H]2C(=O)N[C@@H](C)C(=O)N1. The number of carbonyl (C=O) groups excluding carboxylic acids is 5. The highest BCUT2D eigenvalue weighted by molar-refractivity contribution is 7.09. The number of thiazole rings is 1. The highest BCUT2D eigenvalue weighted by Crippen LogP contribution is 2.21. The lowest BCUT2D eigenvalue weighted by Gasteiger charge is -2.29. The second-order valence-corrected chi connectivity index (χ2v) is 13.1. The quantitative estimate of drug-likeness (QED) is 0.279. The molecule has 0 aliphatic carbocycles. The van der Waals surface area contributed by atoms with Crippen LogP contribution in [0.3, 0.4) is 0 Å². The third-order valence-corrected chi connectivity index (χ3v) is 9.59. The van der Waals surface area contributed by atoms with E-state index in [1.165, 1.54) is 9.78 Å². The molecule has 3 aliphatic heterocycles. The number of aryl methyl sites for hydroxylation is 2. The maximum Gasteiger partial charge on any atom is 0.258 e. The van der Waals surface area contributed by atoms with E-state index in [1.807, 2.05) is 37.3 Å². The van der Waals surface area contributed by atoms with Gasteiger partial charge >= 0.3 is 0 Å². The van der Waals surface area contributed by atoms with Gasteiger partial charge in [-0.05, 0) is 62.8 Å². The number of hydrogen-bond donors (Lipinski definition) is 4. The fourth-order valence-corrected chi connectivity index (χ4v) is 6.75. The zero-order valence-corrected chi connectivity index (χ0v) is 28.0. The van der Waals surface area contributed by atoms with E-state index in [4.69, 9.17) is 4.74 Å². The lowest BCUT2D eigenvalue weighted by molar-refractivity contribution is -0.142. The zero-order valence-electron chi connectivity index (χ0n) is 27.2. The molecule has 48 heavy (non-hydrogen) atoms. The number of benzene rings is 2. The minimum Gasteiger partial charge on any atom is -0.484 e. The summed E-state index contributed by atoms with van der Waals surface area (Å²) >= 11 is 1.58. The van der Waals surface area contributed by atoms with Crippen molar-refractivity contribution in [1.29, 1.82) is 0 Å². The first-order chi connectivity index (χ1) is 23.2. The Kier molecular flexibility index (Phi) is 11.8. The number of fused-ring (bicyclic) bond motifs is 13. The van der Waals surface area contributed by atoms with Crippen LogP contribution in [0.25, 0.3) is 0 Å². The van der Waals surface area contributed by atoms with Gasteiger partial charge < -0.3 is 30.9 Å². The van der Waals surface area contributed by atoms with E-state index in [1.54, 1.807) is 48.0 Å². The average Bonchev–Trinajstić information content (AvgIpc) is 3.74. The Balaban J connectivity index is 1.32. The Bertz CT molecular complexity index is 1600.